The first-order valence-electron chi connectivity index (χ1n) is 3.45. The Kier molecular flexibility index (Phi) is 3.80. The second kappa shape index (κ2) is 4.14. The lowest BCUT2D eigenvalue weighted by Crippen LogP contribution is -2.11. The van der Waals surface area contributed by atoms with Crippen LogP contribution in [0.15, 0.2) is 36.0 Å². The summed E-state index contributed by atoms with van der Waals surface area (Å²) in [5.74, 6) is 0. The molecule has 0 nitrogen and oxygen atoms in total. The van der Waals surface area contributed by atoms with Crippen molar-refractivity contribution in [1.29, 1.82) is 0 Å². The summed E-state index contributed by atoms with van der Waals surface area (Å²) < 4.78 is 35.9. The molecule has 68 valence electrons. The van der Waals surface area contributed by atoms with Crippen molar-refractivity contribution in [2.75, 3.05) is 0 Å². The Labute approximate surface area is 70.1 Å². The van der Waals surface area contributed by atoms with Crippen molar-refractivity contribution in [1.82, 2.24) is 0 Å². The fourth-order valence-electron chi connectivity index (χ4n) is 0.565. The summed E-state index contributed by atoms with van der Waals surface area (Å²) in [5.41, 5.74) is -0.652. The van der Waals surface area contributed by atoms with Crippen molar-refractivity contribution >= 4 is 0 Å². The Bertz CT molecular complexity index is 218. The molecule has 0 bridgehead atoms. The molecule has 0 radical (unpaired) electrons. The van der Waals surface area contributed by atoms with Gasteiger partial charge in [-0.05, 0) is 19.4 Å². The van der Waals surface area contributed by atoms with Gasteiger partial charge in [0.05, 0.1) is 5.57 Å². The molecule has 3 heteroatoms. The maximum Gasteiger partial charge on any atom is 0.416 e. The smallest absolute Gasteiger partial charge is 0.166 e. The maximum absolute atomic E-state index is 12.0. The first-order valence-corrected chi connectivity index (χ1v) is 3.45. The van der Waals surface area contributed by atoms with E-state index in [1.807, 2.05) is 0 Å². The molecule has 0 rings (SSSR count). The Balaban J connectivity index is 4.51. The van der Waals surface area contributed by atoms with Crippen LogP contribution >= 0.6 is 0 Å². The van der Waals surface area contributed by atoms with Gasteiger partial charge in [-0.25, -0.2) is 0 Å². The molecule has 0 aromatic carbocycles. The fraction of sp³-hybridized carbons (Fsp3) is 0.333. The zero-order valence-electron chi connectivity index (χ0n) is 7.07. The first-order chi connectivity index (χ1) is 5.39. The normalized spacial score (nSPS) is 13.9. The minimum Gasteiger partial charge on any atom is -0.166 e. The minimum atomic E-state index is -4.32. The Morgan fingerprint density at radius 3 is 2.17 bits per heavy atom. The molecule has 0 saturated carbocycles. The highest BCUT2D eigenvalue weighted by Crippen LogP contribution is 2.29. The van der Waals surface area contributed by atoms with Gasteiger partial charge in [-0.3, -0.25) is 0 Å². The predicted molar refractivity (Wildman–Crippen MR) is 43.8 cm³/mol. The quantitative estimate of drug-likeness (QED) is 0.563. The van der Waals surface area contributed by atoms with E-state index in [0.717, 1.165) is 0 Å². The van der Waals surface area contributed by atoms with Crippen LogP contribution in [0.25, 0.3) is 0 Å². The molecule has 12 heavy (non-hydrogen) atoms. The van der Waals surface area contributed by atoms with Crippen molar-refractivity contribution in [3.8, 4) is 0 Å². The van der Waals surface area contributed by atoms with Crippen LogP contribution < -0.4 is 0 Å². The van der Waals surface area contributed by atoms with Gasteiger partial charge in [-0.15, -0.1) is 0 Å². The first kappa shape index (κ1) is 11.0. The number of alkyl halides is 3. The summed E-state index contributed by atoms with van der Waals surface area (Å²) in [4.78, 5) is 0. The molecule has 0 aromatic rings. The number of halogens is 3. The lowest BCUT2D eigenvalue weighted by atomic mass is 10.1. The minimum absolute atomic E-state index is 0.139. The highest BCUT2D eigenvalue weighted by atomic mass is 19.4. The van der Waals surface area contributed by atoms with Crippen LogP contribution in [0, 0.1) is 0 Å². The topological polar surface area (TPSA) is 0 Å². The van der Waals surface area contributed by atoms with Crippen molar-refractivity contribution in [2.45, 2.75) is 20.0 Å². The van der Waals surface area contributed by atoms with Crippen LogP contribution in [0.1, 0.15) is 13.8 Å². The standard InChI is InChI=1S/C9H11F3/c1-4-5-6-7(2)8(3)9(10,11)12/h4-6H,3H2,1-2H3/b5-4-,7-6-. The molecule has 0 atom stereocenters. The Morgan fingerprint density at radius 1 is 1.33 bits per heavy atom. The van der Waals surface area contributed by atoms with E-state index >= 15 is 0 Å². The van der Waals surface area contributed by atoms with Gasteiger partial charge >= 0.3 is 6.18 Å². The highest BCUT2D eigenvalue weighted by molar-refractivity contribution is 5.32. The van der Waals surface area contributed by atoms with Crippen LogP contribution in [-0.4, -0.2) is 6.18 Å². The highest BCUT2D eigenvalue weighted by Gasteiger charge is 2.32. The molecule has 0 aromatic heterocycles. The average Bonchev–Trinajstić information content (AvgIpc) is 1.97. The van der Waals surface area contributed by atoms with Crippen molar-refractivity contribution < 1.29 is 13.2 Å². The molecule has 0 saturated heterocycles. The molecule has 0 fully saturated rings. The summed E-state index contributed by atoms with van der Waals surface area (Å²) in [7, 11) is 0. The Hall–Kier alpha value is -0.990. The maximum atomic E-state index is 12.0. The summed E-state index contributed by atoms with van der Waals surface area (Å²) >= 11 is 0. The predicted octanol–water partition coefficient (Wildman–Crippen LogP) is 3.63. The van der Waals surface area contributed by atoms with Gasteiger partial charge in [0.25, 0.3) is 0 Å². The van der Waals surface area contributed by atoms with Gasteiger partial charge in [-0.1, -0.05) is 24.8 Å². The summed E-state index contributed by atoms with van der Waals surface area (Å²) in [6.07, 6.45) is 0.275. The SMILES string of the molecule is C=C(/C(C)=C\C=C/C)C(F)(F)F. The second-order valence-corrected chi connectivity index (χ2v) is 2.35. The number of hydrogen-bond acceptors (Lipinski definition) is 0. The number of rotatable bonds is 2. The molecule has 0 amide bonds. The second-order valence-electron chi connectivity index (χ2n) is 2.35. The van der Waals surface area contributed by atoms with Gasteiger partial charge < -0.3 is 0 Å². The summed E-state index contributed by atoms with van der Waals surface area (Å²) in [6, 6.07) is 0. The van der Waals surface area contributed by atoms with Gasteiger partial charge in [0.2, 0.25) is 0 Å². The van der Waals surface area contributed by atoms with Crippen molar-refractivity contribution in [3.63, 3.8) is 0 Å². The third kappa shape index (κ3) is 3.42. The monoisotopic (exact) mass is 176 g/mol. The van der Waals surface area contributed by atoms with E-state index in [9.17, 15) is 13.2 Å². The van der Waals surface area contributed by atoms with Crippen LogP contribution in [-0.2, 0) is 0 Å². The zero-order valence-corrected chi connectivity index (χ0v) is 7.07. The molecule has 0 N–H and O–H groups in total. The van der Waals surface area contributed by atoms with Gasteiger partial charge in [0.15, 0.2) is 0 Å². The van der Waals surface area contributed by atoms with Crippen LogP contribution in [0.5, 0.6) is 0 Å². The summed E-state index contributed by atoms with van der Waals surface area (Å²) in [5, 5.41) is 0. The van der Waals surface area contributed by atoms with E-state index in [1.54, 1.807) is 19.1 Å². The molecular formula is C9H11F3. The van der Waals surface area contributed by atoms with E-state index in [-0.39, 0.29) is 5.57 Å². The molecule has 0 spiro atoms. The lowest BCUT2D eigenvalue weighted by molar-refractivity contribution is -0.0889. The van der Waals surface area contributed by atoms with Crippen molar-refractivity contribution in [2.24, 2.45) is 0 Å². The van der Waals surface area contributed by atoms with Gasteiger partial charge in [0, 0.05) is 0 Å². The fourth-order valence-corrected chi connectivity index (χ4v) is 0.565. The van der Waals surface area contributed by atoms with Crippen LogP contribution in [0.3, 0.4) is 0 Å². The van der Waals surface area contributed by atoms with Crippen molar-refractivity contribution in [3.05, 3.63) is 36.0 Å². The lowest BCUT2D eigenvalue weighted by Gasteiger charge is -2.09. The Morgan fingerprint density at radius 2 is 1.83 bits per heavy atom. The van der Waals surface area contributed by atoms with Crippen LogP contribution in [0.2, 0.25) is 0 Å². The third-order valence-electron chi connectivity index (χ3n) is 1.36. The summed E-state index contributed by atoms with van der Waals surface area (Å²) in [6.45, 7) is 6.07. The molecule has 0 aliphatic heterocycles. The largest absolute Gasteiger partial charge is 0.416 e. The van der Waals surface area contributed by atoms with E-state index in [4.69, 9.17) is 0 Å². The molecule has 0 aliphatic carbocycles. The number of hydrogen-bond donors (Lipinski definition) is 0. The average molecular weight is 176 g/mol. The molecular weight excluding hydrogens is 165 g/mol. The molecule has 0 heterocycles. The van der Waals surface area contributed by atoms with Gasteiger partial charge in [-0.2, -0.15) is 13.2 Å². The molecule has 0 aliphatic rings. The third-order valence-corrected chi connectivity index (χ3v) is 1.36. The zero-order chi connectivity index (χ0) is 9.78. The van der Waals surface area contributed by atoms with Gasteiger partial charge in [0.1, 0.15) is 0 Å². The molecule has 0 unspecified atom stereocenters. The number of allylic oxidation sites excluding steroid dienone is 5. The van der Waals surface area contributed by atoms with E-state index in [2.05, 4.69) is 6.58 Å². The van der Waals surface area contributed by atoms with E-state index < -0.39 is 11.7 Å². The van der Waals surface area contributed by atoms with E-state index in [1.165, 1.54) is 13.0 Å². The van der Waals surface area contributed by atoms with E-state index in [0.29, 0.717) is 0 Å². The van der Waals surface area contributed by atoms with Crippen LogP contribution in [0.4, 0.5) is 13.2 Å².